The van der Waals surface area contributed by atoms with Crippen molar-refractivity contribution in [2.24, 2.45) is 10.1 Å². The van der Waals surface area contributed by atoms with E-state index in [9.17, 15) is 0 Å². The van der Waals surface area contributed by atoms with Gasteiger partial charge in [0, 0.05) is 36.8 Å². The van der Waals surface area contributed by atoms with Crippen molar-refractivity contribution in [3.63, 3.8) is 0 Å². The van der Waals surface area contributed by atoms with Crippen LogP contribution in [0.1, 0.15) is 31.9 Å². The number of hydrogen-bond donors (Lipinski definition) is 0. The summed E-state index contributed by atoms with van der Waals surface area (Å²) in [6, 6.07) is 17.2. The summed E-state index contributed by atoms with van der Waals surface area (Å²) in [5.74, 6) is 0. The number of anilines is 1. The van der Waals surface area contributed by atoms with Gasteiger partial charge in [-0.1, -0.05) is 43.3 Å². The lowest BCUT2D eigenvalue weighted by molar-refractivity contribution is 0.848. The monoisotopic (exact) mass is 392 g/mol. The van der Waals surface area contributed by atoms with E-state index in [0.717, 1.165) is 41.1 Å². The van der Waals surface area contributed by atoms with Gasteiger partial charge in [0.1, 0.15) is 0 Å². The quantitative estimate of drug-likeness (QED) is 0.519. The van der Waals surface area contributed by atoms with Gasteiger partial charge in [-0.15, -0.1) is 11.3 Å². The van der Waals surface area contributed by atoms with Crippen molar-refractivity contribution in [1.82, 2.24) is 4.68 Å². The van der Waals surface area contributed by atoms with Crippen LogP contribution in [0, 0.1) is 0 Å². The number of rotatable bonds is 7. The molecule has 5 heteroatoms. The second-order valence-corrected chi connectivity index (χ2v) is 7.33. The van der Waals surface area contributed by atoms with Gasteiger partial charge >= 0.3 is 0 Å². The number of hydrogen-bond acceptors (Lipinski definition) is 4. The molecule has 3 aromatic rings. The Bertz CT molecular complexity index is 975. The van der Waals surface area contributed by atoms with Crippen LogP contribution in [0.4, 0.5) is 5.69 Å². The summed E-state index contributed by atoms with van der Waals surface area (Å²) in [7, 11) is 1.81. The zero-order valence-corrected chi connectivity index (χ0v) is 17.9. The van der Waals surface area contributed by atoms with Crippen LogP contribution in [0.2, 0.25) is 0 Å². The zero-order chi connectivity index (χ0) is 19.9. The number of nitrogens with zero attached hydrogens (tertiary/aromatic N) is 4. The molecular weight excluding hydrogens is 364 g/mol. The Kier molecular flexibility index (Phi) is 6.82. The largest absolute Gasteiger partial charge is 0.372 e. The van der Waals surface area contributed by atoms with Crippen molar-refractivity contribution in [3.8, 4) is 11.3 Å². The van der Waals surface area contributed by atoms with E-state index in [1.165, 1.54) is 11.3 Å². The fourth-order valence-electron chi connectivity index (χ4n) is 3.16. The maximum absolute atomic E-state index is 4.74. The third-order valence-electron chi connectivity index (χ3n) is 4.88. The average Bonchev–Trinajstić information content (AvgIpc) is 3.17. The molecule has 28 heavy (non-hydrogen) atoms. The molecule has 1 aromatic heterocycles. The van der Waals surface area contributed by atoms with Crippen molar-refractivity contribution in [2.75, 3.05) is 25.0 Å². The minimum Gasteiger partial charge on any atom is -0.372 e. The first-order valence-corrected chi connectivity index (χ1v) is 10.7. The maximum Gasteiger partial charge on any atom is 0.205 e. The number of benzene rings is 2. The minimum atomic E-state index is 0.880. The van der Waals surface area contributed by atoms with E-state index in [-0.39, 0.29) is 0 Å². The van der Waals surface area contributed by atoms with E-state index >= 15 is 0 Å². The van der Waals surface area contributed by atoms with Crippen LogP contribution in [-0.4, -0.2) is 31.0 Å². The lowest BCUT2D eigenvalue weighted by atomic mass is 10.1. The summed E-state index contributed by atoms with van der Waals surface area (Å²) in [5.41, 5.74) is 5.86. The van der Waals surface area contributed by atoms with Gasteiger partial charge in [0.2, 0.25) is 4.80 Å². The third-order valence-corrected chi connectivity index (χ3v) is 5.79. The van der Waals surface area contributed by atoms with E-state index in [1.54, 1.807) is 18.4 Å². The Balaban J connectivity index is 1.90. The van der Waals surface area contributed by atoms with Gasteiger partial charge in [-0.3, -0.25) is 4.99 Å². The molecule has 0 bridgehead atoms. The van der Waals surface area contributed by atoms with Crippen LogP contribution in [0.15, 0.2) is 64.0 Å². The summed E-state index contributed by atoms with van der Waals surface area (Å²) in [6.07, 6.45) is 2.94. The highest BCUT2D eigenvalue weighted by Gasteiger charge is 2.07. The van der Waals surface area contributed by atoms with E-state index in [1.807, 2.05) is 10.9 Å². The van der Waals surface area contributed by atoms with Crippen molar-refractivity contribution < 1.29 is 0 Å². The predicted octanol–water partition coefficient (Wildman–Crippen LogP) is 5.04. The molecule has 2 aromatic carbocycles. The summed E-state index contributed by atoms with van der Waals surface area (Å²) < 4.78 is 1.92. The highest BCUT2D eigenvalue weighted by atomic mass is 32.1. The van der Waals surface area contributed by atoms with Gasteiger partial charge in [-0.05, 0) is 43.5 Å². The molecule has 0 fully saturated rings. The molecule has 0 atom stereocenters. The second kappa shape index (κ2) is 9.51. The molecule has 0 saturated heterocycles. The van der Waals surface area contributed by atoms with Gasteiger partial charge in [-0.2, -0.15) is 5.10 Å². The van der Waals surface area contributed by atoms with Crippen molar-refractivity contribution >= 4 is 23.2 Å². The molecule has 0 N–H and O–H groups in total. The van der Waals surface area contributed by atoms with E-state index in [4.69, 9.17) is 5.10 Å². The van der Waals surface area contributed by atoms with Crippen LogP contribution in [0.3, 0.4) is 0 Å². The molecule has 0 unspecified atom stereocenters. The highest BCUT2D eigenvalue weighted by molar-refractivity contribution is 7.07. The molecule has 0 amide bonds. The van der Waals surface area contributed by atoms with Gasteiger partial charge in [-0.25, -0.2) is 4.68 Å². The van der Waals surface area contributed by atoms with Crippen LogP contribution < -0.4 is 9.70 Å². The van der Waals surface area contributed by atoms with E-state index in [0.29, 0.717) is 0 Å². The third kappa shape index (κ3) is 4.42. The number of aryl methyl sites for hydroxylation is 1. The summed E-state index contributed by atoms with van der Waals surface area (Å²) in [6.45, 7) is 8.54. The second-order valence-electron chi connectivity index (χ2n) is 6.50. The predicted molar refractivity (Wildman–Crippen MR) is 122 cm³/mol. The normalized spacial score (nSPS) is 12.1. The van der Waals surface area contributed by atoms with Crippen molar-refractivity contribution in [2.45, 2.75) is 27.2 Å². The lowest BCUT2D eigenvalue weighted by Crippen LogP contribution is -2.21. The lowest BCUT2D eigenvalue weighted by Gasteiger charge is -2.20. The molecule has 0 aliphatic heterocycles. The van der Waals surface area contributed by atoms with Gasteiger partial charge < -0.3 is 4.90 Å². The first-order chi connectivity index (χ1) is 13.7. The number of thiazole rings is 1. The molecular formula is C23H28N4S. The molecule has 146 valence electrons. The molecule has 4 nitrogen and oxygen atoms in total. The number of aromatic nitrogens is 1. The summed E-state index contributed by atoms with van der Waals surface area (Å²) in [4.78, 5) is 7.60. The van der Waals surface area contributed by atoms with Crippen LogP contribution >= 0.6 is 11.3 Å². The highest BCUT2D eigenvalue weighted by Crippen LogP contribution is 2.21. The van der Waals surface area contributed by atoms with E-state index in [2.05, 4.69) is 84.6 Å². The van der Waals surface area contributed by atoms with Crippen LogP contribution in [-0.2, 0) is 6.42 Å². The van der Waals surface area contributed by atoms with Crippen molar-refractivity contribution in [1.29, 1.82) is 0 Å². The molecule has 0 aliphatic carbocycles. The van der Waals surface area contributed by atoms with Crippen LogP contribution in [0.5, 0.6) is 0 Å². The SMILES string of the molecule is CCc1ccc(-c2csc(=NC)n2/N=C/c2ccc(N(CC)CC)cc2)cc1. The summed E-state index contributed by atoms with van der Waals surface area (Å²) >= 11 is 1.60. The molecule has 0 aliphatic rings. The van der Waals surface area contributed by atoms with Crippen molar-refractivity contribution in [3.05, 3.63) is 69.8 Å². The zero-order valence-electron chi connectivity index (χ0n) is 17.1. The Morgan fingerprint density at radius 2 is 1.64 bits per heavy atom. The van der Waals surface area contributed by atoms with Crippen LogP contribution in [0.25, 0.3) is 11.3 Å². The molecule has 0 saturated carbocycles. The maximum atomic E-state index is 4.74. The van der Waals surface area contributed by atoms with Gasteiger partial charge in [0.25, 0.3) is 0 Å². The Morgan fingerprint density at radius 3 is 2.21 bits per heavy atom. The minimum absolute atomic E-state index is 0.880. The molecule has 3 rings (SSSR count). The van der Waals surface area contributed by atoms with E-state index < -0.39 is 0 Å². The van der Waals surface area contributed by atoms with Gasteiger partial charge in [0.15, 0.2) is 0 Å². The fraction of sp³-hybridized carbons (Fsp3) is 0.304. The smallest absolute Gasteiger partial charge is 0.205 e. The standard InChI is InChI=1S/C23H28N4S/c1-5-18-8-12-20(13-9-18)22-17-28-23(24-4)27(22)25-16-19-10-14-21(15-11-19)26(6-2)7-3/h8-17H,5-7H2,1-4H3/b24-23?,25-16+. The Hall–Kier alpha value is -2.66. The average molecular weight is 393 g/mol. The Morgan fingerprint density at radius 1 is 0.964 bits per heavy atom. The Labute approximate surface area is 171 Å². The molecule has 1 heterocycles. The fourth-order valence-corrected chi connectivity index (χ4v) is 3.96. The molecule has 0 spiro atoms. The first-order valence-electron chi connectivity index (χ1n) is 9.82. The molecule has 0 radical (unpaired) electrons. The topological polar surface area (TPSA) is 32.9 Å². The first kappa shape index (κ1) is 20.1. The van der Waals surface area contributed by atoms with Gasteiger partial charge in [0.05, 0.1) is 11.9 Å². The summed E-state index contributed by atoms with van der Waals surface area (Å²) in [5, 5.41) is 6.85.